The maximum Gasteiger partial charge on any atom is 0.320 e. The summed E-state index contributed by atoms with van der Waals surface area (Å²) >= 11 is 0. The van der Waals surface area contributed by atoms with Gasteiger partial charge in [-0.2, -0.15) is 0 Å². The highest BCUT2D eigenvalue weighted by molar-refractivity contribution is 5.91. The number of nitrogens with zero attached hydrogens (tertiary/aromatic N) is 1. The fourth-order valence-electron chi connectivity index (χ4n) is 2.29. The molecular formula is C16H25N3O3. The maximum absolute atomic E-state index is 11.8. The van der Waals surface area contributed by atoms with Crippen LogP contribution in [-0.4, -0.2) is 36.1 Å². The Morgan fingerprint density at radius 2 is 1.95 bits per heavy atom. The molecule has 1 aromatic rings. The SMILES string of the molecule is CCN(CC)c1ccc(NC(=O)CC[C@H](N)C(=O)O)cc1C. The van der Waals surface area contributed by atoms with E-state index >= 15 is 0 Å². The van der Waals surface area contributed by atoms with Gasteiger partial charge in [-0.05, 0) is 51.0 Å². The van der Waals surface area contributed by atoms with Gasteiger partial charge in [-0.15, -0.1) is 0 Å². The first-order chi connectivity index (χ1) is 10.4. The second-order valence-electron chi connectivity index (χ2n) is 5.21. The molecule has 22 heavy (non-hydrogen) atoms. The van der Waals surface area contributed by atoms with Crippen molar-refractivity contribution in [3.63, 3.8) is 0 Å². The predicted octanol–water partition coefficient (Wildman–Crippen LogP) is 1.97. The molecule has 0 spiro atoms. The van der Waals surface area contributed by atoms with Crippen molar-refractivity contribution in [1.82, 2.24) is 0 Å². The first-order valence-corrected chi connectivity index (χ1v) is 7.52. The molecule has 0 saturated carbocycles. The molecule has 0 unspecified atom stereocenters. The zero-order valence-electron chi connectivity index (χ0n) is 13.4. The Labute approximate surface area is 131 Å². The van der Waals surface area contributed by atoms with Crippen molar-refractivity contribution in [3.8, 4) is 0 Å². The van der Waals surface area contributed by atoms with Gasteiger partial charge in [-0.3, -0.25) is 9.59 Å². The number of carboxylic acids is 1. The lowest BCUT2D eigenvalue weighted by Gasteiger charge is -2.23. The molecule has 1 atom stereocenters. The Kier molecular flexibility index (Phi) is 6.85. The number of carbonyl (C=O) groups excluding carboxylic acids is 1. The number of hydrogen-bond donors (Lipinski definition) is 3. The van der Waals surface area contributed by atoms with Gasteiger partial charge in [-0.1, -0.05) is 0 Å². The molecule has 0 fully saturated rings. The lowest BCUT2D eigenvalue weighted by Crippen LogP contribution is -2.31. The summed E-state index contributed by atoms with van der Waals surface area (Å²) in [5.41, 5.74) is 8.33. The highest BCUT2D eigenvalue weighted by atomic mass is 16.4. The number of hydrogen-bond acceptors (Lipinski definition) is 4. The van der Waals surface area contributed by atoms with E-state index < -0.39 is 12.0 Å². The van der Waals surface area contributed by atoms with Crippen LogP contribution in [0.1, 0.15) is 32.3 Å². The van der Waals surface area contributed by atoms with Gasteiger partial charge in [0.1, 0.15) is 6.04 Å². The second-order valence-corrected chi connectivity index (χ2v) is 5.21. The second kappa shape index (κ2) is 8.38. The van der Waals surface area contributed by atoms with Crippen molar-refractivity contribution in [2.24, 2.45) is 5.73 Å². The standard InChI is InChI=1S/C16H25N3O3/c1-4-19(5-2)14-8-6-12(10-11(14)3)18-15(20)9-7-13(17)16(21)22/h6,8,10,13H,4-5,7,9,17H2,1-3H3,(H,18,20)(H,21,22)/t13-/m0/s1. The fraction of sp³-hybridized carbons (Fsp3) is 0.500. The van der Waals surface area contributed by atoms with E-state index in [0.29, 0.717) is 5.69 Å². The summed E-state index contributed by atoms with van der Waals surface area (Å²) in [4.78, 5) is 24.7. The summed E-state index contributed by atoms with van der Waals surface area (Å²) in [7, 11) is 0. The van der Waals surface area contributed by atoms with E-state index in [1.54, 1.807) is 0 Å². The Bertz CT molecular complexity index is 527. The van der Waals surface area contributed by atoms with Gasteiger partial charge in [-0.25, -0.2) is 0 Å². The Hall–Kier alpha value is -2.08. The number of benzene rings is 1. The van der Waals surface area contributed by atoms with E-state index in [9.17, 15) is 9.59 Å². The molecule has 0 bridgehead atoms. The largest absolute Gasteiger partial charge is 0.480 e. The first kappa shape index (κ1) is 18.0. The molecule has 6 nitrogen and oxygen atoms in total. The number of aliphatic carboxylic acids is 1. The van der Waals surface area contributed by atoms with E-state index in [0.717, 1.165) is 24.3 Å². The van der Waals surface area contributed by atoms with Crippen molar-refractivity contribution >= 4 is 23.3 Å². The zero-order chi connectivity index (χ0) is 16.7. The van der Waals surface area contributed by atoms with Crippen LogP contribution >= 0.6 is 0 Å². The molecule has 0 saturated heterocycles. The number of carboxylic acid groups (broad SMARTS) is 1. The topological polar surface area (TPSA) is 95.7 Å². The van der Waals surface area contributed by atoms with Crippen LogP contribution in [0.4, 0.5) is 11.4 Å². The van der Waals surface area contributed by atoms with E-state index in [-0.39, 0.29) is 18.7 Å². The molecule has 1 amide bonds. The monoisotopic (exact) mass is 307 g/mol. The van der Waals surface area contributed by atoms with Crippen LogP contribution in [0.2, 0.25) is 0 Å². The van der Waals surface area contributed by atoms with Crippen molar-refractivity contribution in [1.29, 1.82) is 0 Å². The highest BCUT2D eigenvalue weighted by Gasteiger charge is 2.14. The van der Waals surface area contributed by atoms with Gasteiger partial charge in [0, 0.05) is 30.9 Å². The average molecular weight is 307 g/mol. The summed E-state index contributed by atoms with van der Waals surface area (Å²) in [5, 5.41) is 11.5. The molecule has 0 radical (unpaired) electrons. The first-order valence-electron chi connectivity index (χ1n) is 7.52. The minimum Gasteiger partial charge on any atom is -0.480 e. The number of rotatable bonds is 8. The Morgan fingerprint density at radius 3 is 2.45 bits per heavy atom. The van der Waals surface area contributed by atoms with Crippen LogP contribution in [0.25, 0.3) is 0 Å². The summed E-state index contributed by atoms with van der Waals surface area (Å²) in [6.45, 7) is 8.06. The zero-order valence-corrected chi connectivity index (χ0v) is 13.4. The van der Waals surface area contributed by atoms with Crippen LogP contribution in [-0.2, 0) is 9.59 Å². The van der Waals surface area contributed by atoms with Gasteiger partial charge in [0.15, 0.2) is 0 Å². The number of anilines is 2. The van der Waals surface area contributed by atoms with Gasteiger partial charge >= 0.3 is 5.97 Å². The average Bonchev–Trinajstić information content (AvgIpc) is 2.47. The van der Waals surface area contributed by atoms with Crippen LogP contribution in [0, 0.1) is 6.92 Å². The predicted molar refractivity (Wildman–Crippen MR) is 88.2 cm³/mol. The maximum atomic E-state index is 11.8. The van der Waals surface area contributed by atoms with Gasteiger partial charge < -0.3 is 21.1 Å². The summed E-state index contributed by atoms with van der Waals surface area (Å²) in [6, 6.07) is 4.76. The van der Waals surface area contributed by atoms with Crippen molar-refractivity contribution < 1.29 is 14.7 Å². The molecule has 0 aliphatic heterocycles. The molecule has 0 aromatic heterocycles. The lowest BCUT2D eigenvalue weighted by molar-refractivity contribution is -0.138. The van der Waals surface area contributed by atoms with Crippen LogP contribution < -0.4 is 16.0 Å². The molecular weight excluding hydrogens is 282 g/mol. The third kappa shape index (κ3) is 5.04. The molecule has 0 aliphatic rings. The third-order valence-corrected chi connectivity index (χ3v) is 3.58. The smallest absolute Gasteiger partial charge is 0.320 e. The number of nitrogens with one attached hydrogen (secondary N) is 1. The molecule has 1 rings (SSSR count). The number of amides is 1. The molecule has 0 aliphatic carbocycles. The van der Waals surface area contributed by atoms with E-state index in [1.165, 1.54) is 0 Å². The van der Waals surface area contributed by atoms with Gasteiger partial charge in [0.05, 0.1) is 0 Å². The quantitative estimate of drug-likeness (QED) is 0.682. The fourth-order valence-corrected chi connectivity index (χ4v) is 2.29. The Morgan fingerprint density at radius 1 is 1.32 bits per heavy atom. The number of carbonyl (C=O) groups is 2. The van der Waals surface area contributed by atoms with E-state index in [4.69, 9.17) is 10.8 Å². The molecule has 0 heterocycles. The molecule has 4 N–H and O–H groups in total. The Balaban J connectivity index is 2.65. The summed E-state index contributed by atoms with van der Waals surface area (Å²) in [5.74, 6) is -1.32. The number of nitrogens with two attached hydrogens (primary N) is 1. The summed E-state index contributed by atoms with van der Waals surface area (Å²) in [6.07, 6.45) is 0.210. The molecule has 1 aromatic carbocycles. The van der Waals surface area contributed by atoms with Crippen LogP contribution in [0.5, 0.6) is 0 Å². The van der Waals surface area contributed by atoms with Crippen LogP contribution in [0.3, 0.4) is 0 Å². The summed E-state index contributed by atoms with van der Waals surface area (Å²) < 4.78 is 0. The molecule has 6 heteroatoms. The van der Waals surface area contributed by atoms with E-state index in [2.05, 4.69) is 24.1 Å². The van der Waals surface area contributed by atoms with Crippen LogP contribution in [0.15, 0.2) is 18.2 Å². The van der Waals surface area contributed by atoms with Crippen molar-refractivity contribution in [2.75, 3.05) is 23.3 Å². The van der Waals surface area contributed by atoms with Gasteiger partial charge in [0.25, 0.3) is 0 Å². The highest BCUT2D eigenvalue weighted by Crippen LogP contribution is 2.23. The normalized spacial score (nSPS) is 11.8. The van der Waals surface area contributed by atoms with Crippen molar-refractivity contribution in [2.45, 2.75) is 39.7 Å². The van der Waals surface area contributed by atoms with Gasteiger partial charge in [0.2, 0.25) is 5.91 Å². The third-order valence-electron chi connectivity index (χ3n) is 3.58. The number of aryl methyl sites for hydroxylation is 1. The minimum atomic E-state index is -1.09. The van der Waals surface area contributed by atoms with E-state index in [1.807, 2.05) is 25.1 Å². The van der Waals surface area contributed by atoms with Crippen molar-refractivity contribution in [3.05, 3.63) is 23.8 Å². The molecule has 122 valence electrons. The lowest BCUT2D eigenvalue weighted by atomic mass is 10.1. The minimum absolute atomic E-state index is 0.0876.